The van der Waals surface area contributed by atoms with Gasteiger partial charge in [-0.15, -0.1) is 0 Å². The summed E-state index contributed by atoms with van der Waals surface area (Å²) in [6.07, 6.45) is -3.61. The molecule has 28 heavy (non-hydrogen) atoms. The summed E-state index contributed by atoms with van der Waals surface area (Å²) in [6, 6.07) is 4.32. The van der Waals surface area contributed by atoms with Crippen LogP contribution in [0.5, 0.6) is 5.75 Å². The third kappa shape index (κ3) is 4.06. The van der Waals surface area contributed by atoms with Gasteiger partial charge in [-0.2, -0.15) is 18.3 Å². The molecule has 1 amide bonds. The lowest BCUT2D eigenvalue weighted by Crippen LogP contribution is -2.36. The summed E-state index contributed by atoms with van der Waals surface area (Å²) in [5, 5.41) is 9.48. The molecule has 1 aromatic heterocycles. The number of carbonyl (C=O) groups excluding carboxylic acids is 1. The molecule has 2 heterocycles. The maximum atomic E-state index is 13.7. The summed E-state index contributed by atoms with van der Waals surface area (Å²) in [6.45, 7) is 0.530. The predicted molar refractivity (Wildman–Crippen MR) is 95.5 cm³/mol. The molecule has 0 radical (unpaired) electrons. The van der Waals surface area contributed by atoms with E-state index in [1.807, 2.05) is 0 Å². The first-order chi connectivity index (χ1) is 13.3. The molecule has 2 N–H and O–H groups in total. The van der Waals surface area contributed by atoms with Crippen LogP contribution in [0.1, 0.15) is 34.4 Å². The zero-order chi connectivity index (χ0) is 20.3. The number of fused-ring (bicyclic) bond motifs is 1. The Labute approximate surface area is 159 Å². The molecule has 0 unspecified atom stereocenters. The number of alkyl halides is 3. The highest BCUT2D eigenvalue weighted by Crippen LogP contribution is 2.44. The maximum Gasteiger partial charge on any atom is 0.410 e. The van der Waals surface area contributed by atoms with Crippen LogP contribution in [0.25, 0.3) is 0 Å². The van der Waals surface area contributed by atoms with Crippen LogP contribution in [-0.4, -0.2) is 49.2 Å². The monoisotopic (exact) mass is 398 g/mol. The van der Waals surface area contributed by atoms with Crippen LogP contribution < -0.4 is 15.4 Å². The molecular weight excluding hydrogens is 377 g/mol. The zero-order valence-electron chi connectivity index (χ0n) is 15.4. The van der Waals surface area contributed by atoms with Gasteiger partial charge in [-0.1, -0.05) is 12.1 Å². The number of nitrogens with zero attached hydrogens (tertiary/aromatic N) is 2. The van der Waals surface area contributed by atoms with Crippen molar-refractivity contribution in [3.63, 3.8) is 0 Å². The Kier molecular flexibility index (Phi) is 5.78. The van der Waals surface area contributed by atoms with Crippen LogP contribution in [-0.2, 0) is 4.74 Å². The Morgan fingerprint density at radius 3 is 2.86 bits per heavy atom. The number of aromatic nitrogens is 2. The van der Waals surface area contributed by atoms with E-state index in [0.29, 0.717) is 17.9 Å². The molecule has 0 saturated carbocycles. The van der Waals surface area contributed by atoms with E-state index in [1.165, 1.54) is 14.2 Å². The van der Waals surface area contributed by atoms with E-state index < -0.39 is 24.2 Å². The van der Waals surface area contributed by atoms with Crippen molar-refractivity contribution in [3.05, 3.63) is 41.6 Å². The van der Waals surface area contributed by atoms with Gasteiger partial charge in [0.2, 0.25) is 0 Å². The third-order valence-electron chi connectivity index (χ3n) is 4.57. The molecule has 2 aromatic rings. The van der Waals surface area contributed by atoms with Gasteiger partial charge in [0.15, 0.2) is 6.04 Å². The molecule has 1 aromatic carbocycles. The number of methoxy groups -OCH3 is 2. The van der Waals surface area contributed by atoms with Gasteiger partial charge in [0.1, 0.15) is 17.1 Å². The van der Waals surface area contributed by atoms with Crippen molar-refractivity contribution in [3.8, 4) is 5.75 Å². The van der Waals surface area contributed by atoms with Gasteiger partial charge in [-0.25, -0.2) is 4.68 Å². The van der Waals surface area contributed by atoms with E-state index in [9.17, 15) is 18.0 Å². The van der Waals surface area contributed by atoms with E-state index in [-0.39, 0.29) is 24.3 Å². The van der Waals surface area contributed by atoms with Crippen molar-refractivity contribution in [2.24, 2.45) is 0 Å². The summed E-state index contributed by atoms with van der Waals surface area (Å²) >= 11 is 0. The van der Waals surface area contributed by atoms with E-state index in [2.05, 4.69) is 15.7 Å². The van der Waals surface area contributed by atoms with Crippen molar-refractivity contribution < 1.29 is 27.4 Å². The second-order valence-corrected chi connectivity index (χ2v) is 6.37. The van der Waals surface area contributed by atoms with Crippen molar-refractivity contribution in [2.75, 3.05) is 32.7 Å². The number of benzene rings is 1. The fourth-order valence-corrected chi connectivity index (χ4v) is 3.17. The first-order valence-electron chi connectivity index (χ1n) is 8.67. The minimum absolute atomic E-state index is 0.0383. The quantitative estimate of drug-likeness (QED) is 0.732. The molecule has 7 nitrogen and oxygen atoms in total. The van der Waals surface area contributed by atoms with Gasteiger partial charge in [0.25, 0.3) is 5.91 Å². The Balaban J connectivity index is 1.95. The van der Waals surface area contributed by atoms with Crippen molar-refractivity contribution in [1.29, 1.82) is 0 Å². The molecule has 0 aliphatic carbocycles. The number of hydrogen-bond donors (Lipinski definition) is 2. The number of ether oxygens (including phenoxy) is 2. The second kappa shape index (κ2) is 8.09. The number of halogens is 3. The fourth-order valence-electron chi connectivity index (χ4n) is 3.17. The highest BCUT2D eigenvalue weighted by molar-refractivity contribution is 5.98. The lowest BCUT2D eigenvalue weighted by atomic mass is 9.96. The Morgan fingerprint density at radius 2 is 2.18 bits per heavy atom. The number of amides is 1. The molecule has 1 aliphatic rings. The summed E-state index contributed by atoms with van der Waals surface area (Å²) in [5.74, 6) is 0.0637. The summed E-state index contributed by atoms with van der Waals surface area (Å²) in [5.41, 5.74) is 0.685. The number of anilines is 1. The summed E-state index contributed by atoms with van der Waals surface area (Å²) in [4.78, 5) is 12.4. The SMILES string of the molecule is COCCNC(=O)c1cnn2c1N[C@H](c1cccc(OC)c1)C[C@H]2C(F)(F)F. The molecule has 10 heteroatoms. The van der Waals surface area contributed by atoms with E-state index in [1.54, 1.807) is 24.3 Å². The molecule has 1 aliphatic heterocycles. The Bertz CT molecular complexity index is 838. The number of rotatable bonds is 6. The number of carbonyl (C=O) groups is 1. The topological polar surface area (TPSA) is 77.4 Å². The largest absolute Gasteiger partial charge is 0.497 e. The molecule has 0 saturated heterocycles. The molecule has 2 atom stereocenters. The van der Waals surface area contributed by atoms with Gasteiger partial charge in [-0.05, 0) is 17.7 Å². The minimum Gasteiger partial charge on any atom is -0.497 e. The van der Waals surface area contributed by atoms with E-state index >= 15 is 0 Å². The van der Waals surface area contributed by atoms with Crippen LogP contribution in [0.15, 0.2) is 30.5 Å². The fraction of sp³-hybridized carbons (Fsp3) is 0.444. The van der Waals surface area contributed by atoms with Gasteiger partial charge >= 0.3 is 6.18 Å². The lowest BCUT2D eigenvalue weighted by Gasteiger charge is -2.34. The van der Waals surface area contributed by atoms with Crippen LogP contribution >= 0.6 is 0 Å². The third-order valence-corrected chi connectivity index (χ3v) is 4.57. The first-order valence-corrected chi connectivity index (χ1v) is 8.67. The minimum atomic E-state index is -4.51. The van der Waals surface area contributed by atoms with Crippen molar-refractivity contribution in [2.45, 2.75) is 24.7 Å². The standard InChI is InChI=1S/C18H21F3N4O3/c1-27-7-6-22-17(26)13-10-23-25-15(18(19,20)21)9-14(24-16(13)25)11-4-3-5-12(8-11)28-2/h3-5,8,10,14-15,24H,6-7,9H2,1-2H3,(H,22,26)/t14-,15-/m0/s1. The van der Waals surface area contributed by atoms with Crippen LogP contribution in [0, 0.1) is 0 Å². The Morgan fingerprint density at radius 1 is 1.39 bits per heavy atom. The second-order valence-electron chi connectivity index (χ2n) is 6.37. The normalized spacial score (nSPS) is 18.9. The average Bonchev–Trinajstić information content (AvgIpc) is 3.10. The molecule has 0 fully saturated rings. The molecule has 3 rings (SSSR count). The average molecular weight is 398 g/mol. The molecule has 152 valence electrons. The molecular formula is C18H21F3N4O3. The van der Waals surface area contributed by atoms with E-state index in [4.69, 9.17) is 9.47 Å². The van der Waals surface area contributed by atoms with Gasteiger partial charge < -0.3 is 20.1 Å². The smallest absolute Gasteiger partial charge is 0.410 e. The van der Waals surface area contributed by atoms with Gasteiger partial charge in [-0.3, -0.25) is 4.79 Å². The highest BCUT2D eigenvalue weighted by Gasteiger charge is 2.47. The van der Waals surface area contributed by atoms with Gasteiger partial charge in [0.05, 0.1) is 26.0 Å². The summed E-state index contributed by atoms with van der Waals surface area (Å²) < 4.78 is 51.9. The van der Waals surface area contributed by atoms with Crippen molar-refractivity contribution >= 4 is 11.7 Å². The van der Waals surface area contributed by atoms with Crippen LogP contribution in [0.4, 0.5) is 19.0 Å². The molecule has 0 bridgehead atoms. The summed E-state index contributed by atoms with van der Waals surface area (Å²) in [7, 11) is 2.98. The van der Waals surface area contributed by atoms with Crippen molar-refractivity contribution in [1.82, 2.24) is 15.1 Å². The number of hydrogen-bond acceptors (Lipinski definition) is 5. The number of nitrogens with one attached hydrogen (secondary N) is 2. The highest BCUT2D eigenvalue weighted by atomic mass is 19.4. The molecule has 0 spiro atoms. The Hall–Kier alpha value is -2.75. The lowest BCUT2D eigenvalue weighted by molar-refractivity contribution is -0.173. The maximum absolute atomic E-state index is 13.7. The first kappa shape index (κ1) is 20.0. The van der Waals surface area contributed by atoms with Crippen LogP contribution in [0.3, 0.4) is 0 Å². The van der Waals surface area contributed by atoms with Gasteiger partial charge in [0, 0.05) is 20.1 Å². The predicted octanol–water partition coefficient (Wildman–Crippen LogP) is 2.93. The van der Waals surface area contributed by atoms with E-state index in [0.717, 1.165) is 10.9 Å². The zero-order valence-corrected chi connectivity index (χ0v) is 15.4. The van der Waals surface area contributed by atoms with Crippen LogP contribution in [0.2, 0.25) is 0 Å².